The Morgan fingerprint density at radius 1 is 1.46 bits per heavy atom. The van der Waals surface area contributed by atoms with Crippen LogP contribution < -0.4 is 5.73 Å². The summed E-state index contributed by atoms with van der Waals surface area (Å²) in [7, 11) is 0. The molecule has 1 aromatic carbocycles. The van der Waals surface area contributed by atoms with E-state index in [1.54, 1.807) is 0 Å². The van der Waals surface area contributed by atoms with Crippen molar-refractivity contribution >= 4 is 0 Å². The van der Waals surface area contributed by atoms with E-state index in [9.17, 15) is 0 Å². The maximum Gasteiger partial charge on any atom is 0.0111 e. The monoisotopic (exact) mass is 175 g/mol. The SMILES string of the molecule is CCCC(N)C1Cc2ccccc21. The molecule has 1 heteroatoms. The van der Waals surface area contributed by atoms with E-state index in [0.717, 1.165) is 6.42 Å². The van der Waals surface area contributed by atoms with Crippen LogP contribution in [0.1, 0.15) is 36.8 Å². The topological polar surface area (TPSA) is 26.0 Å². The molecule has 2 rings (SSSR count). The average Bonchev–Trinajstić information content (AvgIpc) is 2.07. The molecular weight excluding hydrogens is 158 g/mol. The van der Waals surface area contributed by atoms with Gasteiger partial charge in [-0.15, -0.1) is 0 Å². The molecule has 0 aromatic heterocycles. The Hall–Kier alpha value is -0.820. The van der Waals surface area contributed by atoms with Crippen LogP contribution in [0.25, 0.3) is 0 Å². The lowest BCUT2D eigenvalue weighted by Gasteiger charge is -2.34. The van der Waals surface area contributed by atoms with Gasteiger partial charge >= 0.3 is 0 Å². The van der Waals surface area contributed by atoms with Crippen LogP contribution in [-0.2, 0) is 6.42 Å². The third kappa shape index (κ3) is 1.49. The summed E-state index contributed by atoms with van der Waals surface area (Å²) < 4.78 is 0. The second-order valence-electron chi connectivity index (χ2n) is 3.96. The van der Waals surface area contributed by atoms with Gasteiger partial charge in [-0.3, -0.25) is 0 Å². The van der Waals surface area contributed by atoms with Gasteiger partial charge in [0.25, 0.3) is 0 Å². The van der Waals surface area contributed by atoms with Crippen molar-refractivity contribution in [1.82, 2.24) is 0 Å². The van der Waals surface area contributed by atoms with Gasteiger partial charge in [-0.1, -0.05) is 37.6 Å². The molecule has 13 heavy (non-hydrogen) atoms. The second-order valence-corrected chi connectivity index (χ2v) is 3.96. The lowest BCUT2D eigenvalue weighted by molar-refractivity contribution is 0.454. The Morgan fingerprint density at radius 3 is 2.92 bits per heavy atom. The summed E-state index contributed by atoms with van der Waals surface area (Å²) in [6, 6.07) is 9.04. The molecule has 0 bridgehead atoms. The van der Waals surface area contributed by atoms with Gasteiger partial charge < -0.3 is 5.73 Å². The number of hydrogen-bond donors (Lipinski definition) is 1. The van der Waals surface area contributed by atoms with Crippen LogP contribution in [0.4, 0.5) is 0 Å². The Balaban J connectivity index is 2.08. The van der Waals surface area contributed by atoms with E-state index in [4.69, 9.17) is 5.73 Å². The maximum atomic E-state index is 6.10. The molecule has 0 aliphatic heterocycles. The predicted octanol–water partition coefficient (Wildman–Crippen LogP) is 2.45. The first kappa shape index (κ1) is 8.76. The molecule has 0 fully saturated rings. The van der Waals surface area contributed by atoms with Gasteiger partial charge in [0.15, 0.2) is 0 Å². The van der Waals surface area contributed by atoms with Gasteiger partial charge in [0.1, 0.15) is 0 Å². The van der Waals surface area contributed by atoms with E-state index in [1.165, 1.54) is 24.0 Å². The fourth-order valence-electron chi connectivity index (χ4n) is 2.21. The van der Waals surface area contributed by atoms with Crippen molar-refractivity contribution in [2.24, 2.45) is 5.73 Å². The minimum atomic E-state index is 0.375. The molecule has 70 valence electrons. The first-order valence-corrected chi connectivity index (χ1v) is 5.16. The molecule has 0 saturated carbocycles. The quantitative estimate of drug-likeness (QED) is 0.750. The van der Waals surface area contributed by atoms with Crippen LogP contribution in [0, 0.1) is 0 Å². The molecule has 1 nitrogen and oxygen atoms in total. The van der Waals surface area contributed by atoms with Crippen LogP contribution in [0.3, 0.4) is 0 Å². The third-order valence-corrected chi connectivity index (χ3v) is 3.03. The summed E-state index contributed by atoms with van der Waals surface area (Å²) >= 11 is 0. The van der Waals surface area contributed by atoms with Gasteiger partial charge in [0.2, 0.25) is 0 Å². The van der Waals surface area contributed by atoms with Gasteiger partial charge in [0, 0.05) is 12.0 Å². The van der Waals surface area contributed by atoms with Crippen molar-refractivity contribution in [1.29, 1.82) is 0 Å². The van der Waals surface area contributed by atoms with Crippen LogP contribution in [0.2, 0.25) is 0 Å². The minimum absolute atomic E-state index is 0.375. The van der Waals surface area contributed by atoms with Crippen molar-refractivity contribution in [2.75, 3.05) is 0 Å². The second kappa shape index (κ2) is 3.51. The number of rotatable bonds is 3. The van der Waals surface area contributed by atoms with Crippen molar-refractivity contribution in [3.05, 3.63) is 35.4 Å². The summed E-state index contributed by atoms with van der Waals surface area (Å²) in [5.74, 6) is 0.635. The Morgan fingerprint density at radius 2 is 2.23 bits per heavy atom. The Kier molecular flexibility index (Phi) is 2.36. The fourth-order valence-corrected chi connectivity index (χ4v) is 2.21. The lowest BCUT2D eigenvalue weighted by atomic mass is 9.73. The van der Waals surface area contributed by atoms with Gasteiger partial charge in [-0.25, -0.2) is 0 Å². The third-order valence-electron chi connectivity index (χ3n) is 3.03. The Bertz CT molecular complexity index is 293. The van der Waals surface area contributed by atoms with Crippen LogP contribution in [0.15, 0.2) is 24.3 Å². The molecular formula is C12H17N. The van der Waals surface area contributed by atoms with Crippen molar-refractivity contribution in [3.8, 4) is 0 Å². The highest BCUT2D eigenvalue weighted by Gasteiger charge is 2.29. The van der Waals surface area contributed by atoms with Crippen molar-refractivity contribution in [3.63, 3.8) is 0 Å². The van der Waals surface area contributed by atoms with E-state index in [1.807, 2.05) is 0 Å². The first-order valence-electron chi connectivity index (χ1n) is 5.16. The summed E-state index contributed by atoms with van der Waals surface area (Å²) in [5, 5.41) is 0. The Labute approximate surface area is 80.0 Å². The van der Waals surface area contributed by atoms with Gasteiger partial charge in [-0.05, 0) is 24.0 Å². The zero-order valence-electron chi connectivity index (χ0n) is 8.16. The molecule has 2 unspecified atom stereocenters. The van der Waals surface area contributed by atoms with Crippen LogP contribution in [0.5, 0.6) is 0 Å². The molecule has 1 aliphatic rings. The molecule has 1 aliphatic carbocycles. The van der Waals surface area contributed by atoms with Crippen molar-refractivity contribution in [2.45, 2.75) is 38.1 Å². The smallest absolute Gasteiger partial charge is 0.0111 e. The summed E-state index contributed by atoms with van der Waals surface area (Å²) in [4.78, 5) is 0. The molecule has 2 N–H and O–H groups in total. The van der Waals surface area contributed by atoms with E-state index in [2.05, 4.69) is 31.2 Å². The molecule has 0 spiro atoms. The number of benzene rings is 1. The van der Waals surface area contributed by atoms with E-state index in [0.29, 0.717) is 12.0 Å². The maximum absolute atomic E-state index is 6.10. The van der Waals surface area contributed by atoms with Gasteiger partial charge in [-0.2, -0.15) is 0 Å². The molecule has 0 amide bonds. The summed E-state index contributed by atoms with van der Waals surface area (Å²) in [6.07, 6.45) is 3.54. The van der Waals surface area contributed by atoms with E-state index < -0.39 is 0 Å². The molecule has 0 radical (unpaired) electrons. The largest absolute Gasteiger partial charge is 0.327 e. The lowest BCUT2D eigenvalue weighted by Crippen LogP contribution is -2.35. The number of hydrogen-bond acceptors (Lipinski definition) is 1. The number of fused-ring (bicyclic) bond motifs is 1. The number of nitrogens with two attached hydrogens (primary N) is 1. The van der Waals surface area contributed by atoms with Crippen LogP contribution in [-0.4, -0.2) is 6.04 Å². The highest BCUT2D eigenvalue weighted by atomic mass is 14.7. The first-order chi connectivity index (χ1) is 6.33. The molecule has 1 aromatic rings. The molecule has 0 saturated heterocycles. The van der Waals surface area contributed by atoms with Crippen LogP contribution >= 0.6 is 0 Å². The fraction of sp³-hybridized carbons (Fsp3) is 0.500. The predicted molar refractivity (Wildman–Crippen MR) is 55.8 cm³/mol. The zero-order chi connectivity index (χ0) is 9.26. The highest BCUT2D eigenvalue weighted by Crippen LogP contribution is 2.37. The summed E-state index contributed by atoms with van der Waals surface area (Å²) in [6.45, 7) is 2.20. The average molecular weight is 175 g/mol. The van der Waals surface area contributed by atoms with Gasteiger partial charge in [0.05, 0.1) is 0 Å². The van der Waals surface area contributed by atoms with E-state index >= 15 is 0 Å². The summed E-state index contributed by atoms with van der Waals surface area (Å²) in [5.41, 5.74) is 9.09. The molecule has 2 atom stereocenters. The normalized spacial score (nSPS) is 21.8. The standard InChI is InChI=1S/C12H17N/c1-2-5-12(13)11-8-9-6-3-4-7-10(9)11/h3-4,6-7,11-12H,2,5,8,13H2,1H3. The van der Waals surface area contributed by atoms with E-state index in [-0.39, 0.29) is 0 Å². The zero-order valence-corrected chi connectivity index (χ0v) is 8.16. The van der Waals surface area contributed by atoms with Crippen molar-refractivity contribution < 1.29 is 0 Å². The highest BCUT2D eigenvalue weighted by molar-refractivity contribution is 5.41. The minimum Gasteiger partial charge on any atom is -0.327 e. The molecule has 0 heterocycles.